The van der Waals surface area contributed by atoms with Crippen molar-refractivity contribution in [1.82, 2.24) is 5.32 Å². The Balaban J connectivity index is 1.38. The van der Waals surface area contributed by atoms with Gasteiger partial charge in [0, 0.05) is 18.0 Å². The van der Waals surface area contributed by atoms with Crippen molar-refractivity contribution in [2.24, 2.45) is 11.7 Å². The Morgan fingerprint density at radius 3 is 2.71 bits per heavy atom. The molecule has 2 saturated carbocycles. The highest BCUT2D eigenvalue weighted by molar-refractivity contribution is 5.27. The summed E-state index contributed by atoms with van der Waals surface area (Å²) in [7, 11) is 0. The molecule has 0 radical (unpaired) electrons. The molecule has 17 heavy (non-hydrogen) atoms. The lowest BCUT2D eigenvalue weighted by Crippen LogP contribution is -2.29. The van der Waals surface area contributed by atoms with E-state index in [1.165, 1.54) is 24.8 Å². The van der Waals surface area contributed by atoms with Crippen molar-refractivity contribution in [3.8, 4) is 0 Å². The average Bonchev–Trinajstić information content (AvgIpc) is 3.24. The van der Waals surface area contributed by atoms with Crippen LogP contribution in [0.3, 0.4) is 0 Å². The monoisotopic (exact) mass is 230 g/mol. The van der Waals surface area contributed by atoms with E-state index in [1.54, 1.807) is 0 Å². The van der Waals surface area contributed by atoms with Crippen LogP contribution < -0.4 is 11.1 Å². The molecule has 3 N–H and O–H groups in total. The second-order valence-corrected chi connectivity index (χ2v) is 5.60. The summed E-state index contributed by atoms with van der Waals surface area (Å²) in [6.07, 6.45) is 5.15. The van der Waals surface area contributed by atoms with E-state index in [0.717, 1.165) is 24.8 Å². The lowest BCUT2D eigenvalue weighted by atomic mass is 10.1. The first-order chi connectivity index (χ1) is 8.34. The Morgan fingerprint density at radius 2 is 2.00 bits per heavy atom. The van der Waals surface area contributed by atoms with Crippen LogP contribution in [0.5, 0.6) is 0 Å². The molecule has 2 aliphatic carbocycles. The predicted molar refractivity (Wildman–Crippen MR) is 70.9 cm³/mol. The molecule has 2 fully saturated rings. The van der Waals surface area contributed by atoms with Crippen LogP contribution in [0.25, 0.3) is 0 Å². The summed E-state index contributed by atoms with van der Waals surface area (Å²) < 4.78 is 0. The van der Waals surface area contributed by atoms with Gasteiger partial charge in [0.1, 0.15) is 0 Å². The molecule has 0 amide bonds. The summed E-state index contributed by atoms with van der Waals surface area (Å²) in [5.74, 6) is 1.58. The molecule has 2 nitrogen and oxygen atoms in total. The van der Waals surface area contributed by atoms with Gasteiger partial charge in [-0.3, -0.25) is 0 Å². The summed E-state index contributed by atoms with van der Waals surface area (Å²) in [6, 6.07) is 12.0. The van der Waals surface area contributed by atoms with E-state index < -0.39 is 0 Å². The first kappa shape index (κ1) is 11.2. The van der Waals surface area contributed by atoms with Gasteiger partial charge in [-0.05, 0) is 43.7 Å². The highest BCUT2D eigenvalue weighted by Crippen LogP contribution is 2.40. The molecule has 0 saturated heterocycles. The van der Waals surface area contributed by atoms with Crippen molar-refractivity contribution in [3.05, 3.63) is 35.9 Å². The topological polar surface area (TPSA) is 38.0 Å². The SMILES string of the molecule is NC(CCNC1CC1c1ccccc1)C1CC1. The van der Waals surface area contributed by atoms with Crippen LogP contribution in [0.4, 0.5) is 0 Å². The van der Waals surface area contributed by atoms with Gasteiger partial charge < -0.3 is 11.1 Å². The van der Waals surface area contributed by atoms with Crippen LogP contribution in [0.2, 0.25) is 0 Å². The molecule has 2 aliphatic rings. The van der Waals surface area contributed by atoms with Gasteiger partial charge >= 0.3 is 0 Å². The van der Waals surface area contributed by atoms with E-state index in [9.17, 15) is 0 Å². The fraction of sp³-hybridized carbons (Fsp3) is 0.600. The zero-order valence-electron chi connectivity index (χ0n) is 10.3. The van der Waals surface area contributed by atoms with E-state index in [4.69, 9.17) is 5.73 Å². The van der Waals surface area contributed by atoms with Gasteiger partial charge in [-0.15, -0.1) is 0 Å². The van der Waals surface area contributed by atoms with Crippen LogP contribution in [0, 0.1) is 5.92 Å². The summed E-state index contributed by atoms with van der Waals surface area (Å²) >= 11 is 0. The molecule has 0 aromatic heterocycles. The Hall–Kier alpha value is -0.860. The van der Waals surface area contributed by atoms with Gasteiger partial charge in [-0.2, -0.15) is 0 Å². The van der Waals surface area contributed by atoms with E-state index in [2.05, 4.69) is 35.6 Å². The van der Waals surface area contributed by atoms with Crippen molar-refractivity contribution in [2.45, 2.75) is 43.7 Å². The largest absolute Gasteiger partial charge is 0.327 e. The molecule has 0 heterocycles. The molecular weight excluding hydrogens is 208 g/mol. The number of nitrogens with two attached hydrogens (primary N) is 1. The number of hydrogen-bond acceptors (Lipinski definition) is 2. The predicted octanol–water partition coefficient (Wildman–Crippen LogP) is 2.26. The van der Waals surface area contributed by atoms with Crippen LogP contribution in [0.15, 0.2) is 30.3 Å². The molecule has 3 rings (SSSR count). The molecule has 2 heteroatoms. The summed E-state index contributed by atoms with van der Waals surface area (Å²) in [6.45, 7) is 1.09. The van der Waals surface area contributed by atoms with Crippen LogP contribution in [-0.4, -0.2) is 18.6 Å². The Morgan fingerprint density at radius 1 is 1.24 bits per heavy atom. The average molecular weight is 230 g/mol. The molecule has 1 aromatic rings. The maximum Gasteiger partial charge on any atom is 0.0143 e. The lowest BCUT2D eigenvalue weighted by molar-refractivity contribution is 0.514. The van der Waals surface area contributed by atoms with E-state index in [1.807, 2.05) is 0 Å². The van der Waals surface area contributed by atoms with E-state index in [0.29, 0.717) is 12.1 Å². The van der Waals surface area contributed by atoms with Crippen molar-refractivity contribution in [3.63, 3.8) is 0 Å². The van der Waals surface area contributed by atoms with E-state index in [-0.39, 0.29) is 0 Å². The van der Waals surface area contributed by atoms with Gasteiger partial charge in [0.2, 0.25) is 0 Å². The molecule has 1 aromatic carbocycles. The van der Waals surface area contributed by atoms with Gasteiger partial charge in [-0.1, -0.05) is 30.3 Å². The minimum absolute atomic E-state index is 0.441. The summed E-state index contributed by atoms with van der Waals surface area (Å²) in [5, 5.41) is 3.64. The highest BCUT2D eigenvalue weighted by Gasteiger charge is 2.37. The molecule has 0 spiro atoms. The maximum atomic E-state index is 6.09. The maximum absolute atomic E-state index is 6.09. The van der Waals surface area contributed by atoms with Gasteiger partial charge in [0.25, 0.3) is 0 Å². The smallest absolute Gasteiger partial charge is 0.0143 e. The van der Waals surface area contributed by atoms with E-state index >= 15 is 0 Å². The van der Waals surface area contributed by atoms with Crippen LogP contribution >= 0.6 is 0 Å². The zero-order valence-corrected chi connectivity index (χ0v) is 10.3. The summed E-state index contributed by atoms with van der Waals surface area (Å²) in [5.41, 5.74) is 7.57. The van der Waals surface area contributed by atoms with Gasteiger partial charge in [-0.25, -0.2) is 0 Å². The Labute approximate surface area is 104 Å². The molecule has 92 valence electrons. The Bertz CT molecular complexity index is 358. The minimum atomic E-state index is 0.441. The Kier molecular flexibility index (Phi) is 3.17. The highest BCUT2D eigenvalue weighted by atomic mass is 15.0. The third-order valence-electron chi connectivity index (χ3n) is 4.13. The zero-order chi connectivity index (χ0) is 11.7. The minimum Gasteiger partial charge on any atom is -0.327 e. The number of benzene rings is 1. The standard InChI is InChI=1S/C15H22N2/c16-14(12-6-7-12)8-9-17-15-10-13(15)11-4-2-1-3-5-11/h1-5,12-15,17H,6-10,16H2. The molecular formula is C15H22N2. The lowest BCUT2D eigenvalue weighted by Gasteiger charge is -2.10. The first-order valence-electron chi connectivity index (χ1n) is 6.88. The summed E-state index contributed by atoms with van der Waals surface area (Å²) in [4.78, 5) is 0. The van der Waals surface area contributed by atoms with Gasteiger partial charge in [0.05, 0.1) is 0 Å². The van der Waals surface area contributed by atoms with Crippen molar-refractivity contribution < 1.29 is 0 Å². The normalized spacial score (nSPS) is 29.0. The fourth-order valence-electron chi connectivity index (χ4n) is 2.68. The molecule has 0 aliphatic heterocycles. The molecule has 0 bridgehead atoms. The third kappa shape index (κ3) is 2.88. The molecule has 3 atom stereocenters. The third-order valence-corrected chi connectivity index (χ3v) is 4.13. The first-order valence-corrected chi connectivity index (χ1v) is 6.88. The molecule has 3 unspecified atom stereocenters. The van der Waals surface area contributed by atoms with Crippen LogP contribution in [0.1, 0.15) is 37.2 Å². The fourth-order valence-corrected chi connectivity index (χ4v) is 2.68. The number of rotatable bonds is 6. The van der Waals surface area contributed by atoms with Crippen molar-refractivity contribution >= 4 is 0 Å². The quantitative estimate of drug-likeness (QED) is 0.786. The van der Waals surface area contributed by atoms with Gasteiger partial charge in [0.15, 0.2) is 0 Å². The number of nitrogens with one attached hydrogen (secondary N) is 1. The van der Waals surface area contributed by atoms with Crippen molar-refractivity contribution in [2.75, 3.05) is 6.54 Å². The van der Waals surface area contributed by atoms with Crippen molar-refractivity contribution in [1.29, 1.82) is 0 Å². The second kappa shape index (κ2) is 4.79. The number of hydrogen-bond donors (Lipinski definition) is 2. The second-order valence-electron chi connectivity index (χ2n) is 5.60. The van der Waals surface area contributed by atoms with Crippen LogP contribution in [-0.2, 0) is 0 Å².